The van der Waals surface area contributed by atoms with E-state index in [0.717, 1.165) is 31.7 Å². The Kier molecular flexibility index (Phi) is 4.38. The van der Waals surface area contributed by atoms with Crippen molar-refractivity contribution in [2.45, 2.75) is 62.9 Å². The van der Waals surface area contributed by atoms with E-state index in [1.165, 1.54) is 37.7 Å². The predicted octanol–water partition coefficient (Wildman–Crippen LogP) is 4.01. The third-order valence-electron chi connectivity index (χ3n) is 6.15. The third-order valence-corrected chi connectivity index (χ3v) is 6.15. The summed E-state index contributed by atoms with van der Waals surface area (Å²) in [6.07, 6.45) is 8.15. The van der Waals surface area contributed by atoms with E-state index in [0.29, 0.717) is 24.0 Å². The number of ether oxygens (including phenoxy) is 1. The van der Waals surface area contributed by atoms with Gasteiger partial charge in [0, 0.05) is 25.2 Å². The molecule has 2 amide bonds. The van der Waals surface area contributed by atoms with Gasteiger partial charge < -0.3 is 14.5 Å². The second-order valence-corrected chi connectivity index (χ2v) is 7.57. The average molecular weight is 328 g/mol. The number of methoxy groups -OCH3 is 1. The highest BCUT2D eigenvalue weighted by Crippen LogP contribution is 2.44. The minimum atomic E-state index is 0.311. The Labute approximate surface area is 144 Å². The molecule has 3 saturated heterocycles. The van der Waals surface area contributed by atoms with Crippen molar-refractivity contribution in [3.63, 3.8) is 0 Å². The second-order valence-electron chi connectivity index (χ2n) is 7.57. The van der Waals surface area contributed by atoms with Crippen molar-refractivity contribution in [3.05, 3.63) is 29.8 Å². The molecular weight excluding hydrogens is 300 g/mol. The lowest BCUT2D eigenvalue weighted by Gasteiger charge is -2.42. The van der Waals surface area contributed by atoms with Crippen molar-refractivity contribution in [1.29, 1.82) is 0 Å². The first-order chi connectivity index (χ1) is 11.8. The molecular formula is C20H28N2O2. The van der Waals surface area contributed by atoms with Gasteiger partial charge in [0.25, 0.3) is 0 Å². The van der Waals surface area contributed by atoms with Crippen LogP contribution in [0.4, 0.5) is 4.79 Å². The van der Waals surface area contributed by atoms with E-state index in [2.05, 4.69) is 28.0 Å². The molecule has 4 rings (SSSR count). The molecule has 0 spiro atoms. The lowest BCUT2D eigenvalue weighted by Crippen LogP contribution is -2.53. The molecule has 2 atom stereocenters. The number of amides is 2. The predicted molar refractivity (Wildman–Crippen MR) is 94.4 cm³/mol. The Hall–Kier alpha value is -1.71. The summed E-state index contributed by atoms with van der Waals surface area (Å²) < 4.78 is 5.38. The largest absolute Gasteiger partial charge is 0.497 e. The topological polar surface area (TPSA) is 32.8 Å². The summed E-state index contributed by atoms with van der Waals surface area (Å²) in [5, 5.41) is 0. The molecule has 0 aliphatic carbocycles. The number of benzene rings is 1. The van der Waals surface area contributed by atoms with E-state index in [-0.39, 0.29) is 0 Å². The number of fused-ring (bicyclic) bond motifs is 2. The van der Waals surface area contributed by atoms with Crippen molar-refractivity contribution in [3.8, 4) is 5.75 Å². The molecule has 1 aromatic carbocycles. The number of carbonyl (C=O) groups excluding carboxylic acids is 1. The molecule has 3 fully saturated rings. The maximum atomic E-state index is 13.0. The van der Waals surface area contributed by atoms with Crippen LogP contribution in [-0.4, -0.2) is 48.1 Å². The first kappa shape index (κ1) is 15.8. The van der Waals surface area contributed by atoms with Crippen molar-refractivity contribution in [2.24, 2.45) is 0 Å². The van der Waals surface area contributed by atoms with Gasteiger partial charge in [-0.25, -0.2) is 4.79 Å². The number of rotatable bonds is 2. The Balaban J connectivity index is 1.48. The molecule has 0 saturated carbocycles. The fourth-order valence-electron chi connectivity index (χ4n) is 4.91. The number of nitrogens with zero attached hydrogens (tertiary/aromatic N) is 2. The van der Waals surface area contributed by atoms with Gasteiger partial charge in [-0.3, -0.25) is 0 Å². The standard InChI is InChI=1S/C20H28N2O2/c1-24-19-7-5-6-15(14-19)16-12-17-8-9-18(13-16)22(17)20(23)21-10-3-2-4-11-21/h5-7,14,16-18H,2-4,8-13H2,1H3. The highest BCUT2D eigenvalue weighted by molar-refractivity contribution is 5.76. The minimum absolute atomic E-state index is 0.311. The Bertz CT molecular complexity index is 583. The van der Waals surface area contributed by atoms with Crippen LogP contribution in [0.25, 0.3) is 0 Å². The highest BCUT2D eigenvalue weighted by atomic mass is 16.5. The number of hydrogen-bond acceptors (Lipinski definition) is 2. The summed E-state index contributed by atoms with van der Waals surface area (Å²) in [6, 6.07) is 9.64. The number of piperidine rings is 2. The third kappa shape index (κ3) is 2.87. The zero-order valence-corrected chi connectivity index (χ0v) is 14.6. The molecule has 4 nitrogen and oxygen atoms in total. The molecule has 0 radical (unpaired) electrons. The quantitative estimate of drug-likeness (QED) is 0.822. The molecule has 2 unspecified atom stereocenters. The van der Waals surface area contributed by atoms with Crippen molar-refractivity contribution < 1.29 is 9.53 Å². The molecule has 3 aliphatic rings. The van der Waals surface area contributed by atoms with Gasteiger partial charge in [0.1, 0.15) is 5.75 Å². The van der Waals surface area contributed by atoms with Gasteiger partial charge in [0.15, 0.2) is 0 Å². The van der Waals surface area contributed by atoms with Gasteiger partial charge in [-0.1, -0.05) is 12.1 Å². The summed E-state index contributed by atoms with van der Waals surface area (Å²) in [5.41, 5.74) is 1.37. The maximum absolute atomic E-state index is 13.0. The molecule has 2 bridgehead atoms. The van der Waals surface area contributed by atoms with Gasteiger partial charge in [0.05, 0.1) is 7.11 Å². The SMILES string of the molecule is COc1cccc(C2CC3CCC(C2)N3C(=O)N2CCCCC2)c1. The normalized spacial score (nSPS) is 29.6. The summed E-state index contributed by atoms with van der Waals surface area (Å²) in [6.45, 7) is 1.90. The van der Waals surface area contributed by atoms with E-state index in [1.54, 1.807) is 7.11 Å². The van der Waals surface area contributed by atoms with Crippen molar-refractivity contribution >= 4 is 6.03 Å². The highest BCUT2D eigenvalue weighted by Gasteiger charge is 2.44. The Morgan fingerprint density at radius 2 is 1.79 bits per heavy atom. The summed E-state index contributed by atoms with van der Waals surface area (Å²) >= 11 is 0. The van der Waals surface area contributed by atoms with Crippen LogP contribution in [0.15, 0.2) is 24.3 Å². The van der Waals surface area contributed by atoms with E-state index >= 15 is 0 Å². The number of hydrogen-bond donors (Lipinski definition) is 0. The average Bonchev–Trinajstić information content (AvgIpc) is 2.91. The van der Waals surface area contributed by atoms with Crippen molar-refractivity contribution in [1.82, 2.24) is 9.80 Å². The molecule has 3 heterocycles. The van der Waals surface area contributed by atoms with E-state index in [1.807, 2.05) is 6.07 Å². The second kappa shape index (κ2) is 6.66. The van der Waals surface area contributed by atoms with Crippen LogP contribution in [0.2, 0.25) is 0 Å². The fourth-order valence-corrected chi connectivity index (χ4v) is 4.91. The van der Waals surface area contributed by atoms with E-state index < -0.39 is 0 Å². The fraction of sp³-hybridized carbons (Fsp3) is 0.650. The smallest absolute Gasteiger partial charge is 0.320 e. The van der Waals surface area contributed by atoms with Gasteiger partial charge in [0.2, 0.25) is 0 Å². The van der Waals surface area contributed by atoms with Crippen LogP contribution in [0.3, 0.4) is 0 Å². The van der Waals surface area contributed by atoms with Crippen LogP contribution in [0.5, 0.6) is 5.75 Å². The number of urea groups is 1. The zero-order valence-electron chi connectivity index (χ0n) is 14.6. The number of likely N-dealkylation sites (tertiary alicyclic amines) is 1. The molecule has 24 heavy (non-hydrogen) atoms. The van der Waals surface area contributed by atoms with Crippen molar-refractivity contribution in [2.75, 3.05) is 20.2 Å². The molecule has 0 aromatic heterocycles. The van der Waals surface area contributed by atoms with E-state index in [4.69, 9.17) is 4.74 Å². The lowest BCUT2D eigenvalue weighted by atomic mass is 9.85. The molecule has 130 valence electrons. The van der Waals surface area contributed by atoms with Gasteiger partial charge in [-0.15, -0.1) is 0 Å². The first-order valence-electron chi connectivity index (χ1n) is 9.47. The monoisotopic (exact) mass is 328 g/mol. The molecule has 1 aromatic rings. The van der Waals surface area contributed by atoms with Gasteiger partial charge >= 0.3 is 6.03 Å². The maximum Gasteiger partial charge on any atom is 0.320 e. The summed E-state index contributed by atoms with van der Waals surface area (Å²) in [7, 11) is 1.72. The molecule has 3 aliphatic heterocycles. The Morgan fingerprint density at radius 1 is 1.08 bits per heavy atom. The Morgan fingerprint density at radius 3 is 2.46 bits per heavy atom. The van der Waals surface area contributed by atoms with Crippen LogP contribution in [0, 0.1) is 0 Å². The summed E-state index contributed by atoms with van der Waals surface area (Å²) in [5.74, 6) is 1.50. The number of carbonyl (C=O) groups is 1. The van der Waals surface area contributed by atoms with Crippen LogP contribution < -0.4 is 4.74 Å². The van der Waals surface area contributed by atoms with Gasteiger partial charge in [-0.05, 0) is 68.6 Å². The summed E-state index contributed by atoms with van der Waals surface area (Å²) in [4.78, 5) is 17.3. The van der Waals surface area contributed by atoms with Crippen LogP contribution in [0.1, 0.15) is 56.4 Å². The zero-order chi connectivity index (χ0) is 16.5. The molecule has 4 heteroatoms. The van der Waals surface area contributed by atoms with Crippen LogP contribution in [-0.2, 0) is 0 Å². The molecule has 0 N–H and O–H groups in total. The van der Waals surface area contributed by atoms with Crippen LogP contribution >= 0.6 is 0 Å². The minimum Gasteiger partial charge on any atom is -0.497 e. The first-order valence-corrected chi connectivity index (χ1v) is 9.47. The van der Waals surface area contributed by atoms with Gasteiger partial charge in [-0.2, -0.15) is 0 Å². The van der Waals surface area contributed by atoms with E-state index in [9.17, 15) is 4.79 Å². The lowest BCUT2D eigenvalue weighted by molar-refractivity contribution is 0.0990.